The van der Waals surface area contributed by atoms with Crippen molar-refractivity contribution in [2.45, 2.75) is 52.9 Å². The Morgan fingerprint density at radius 3 is 2.33 bits per heavy atom. The average molecular weight is 454 g/mol. The molecule has 0 aromatic heterocycles. The molecule has 0 saturated heterocycles. The van der Waals surface area contributed by atoms with Crippen molar-refractivity contribution in [3.05, 3.63) is 87.7 Å². The molecule has 33 heavy (non-hydrogen) atoms. The number of allylic oxidation sites excluding steroid dienone is 7. The molecule has 0 amide bonds. The number of benzene rings is 1. The molecule has 0 fully saturated rings. The van der Waals surface area contributed by atoms with Crippen LogP contribution in [0.2, 0.25) is 0 Å². The van der Waals surface area contributed by atoms with E-state index in [0.29, 0.717) is 13.0 Å². The average Bonchev–Trinajstić information content (AvgIpc) is 2.85. The third-order valence-electron chi connectivity index (χ3n) is 4.77. The van der Waals surface area contributed by atoms with E-state index in [1.54, 1.807) is 7.05 Å². The number of carbonyl (C=O) groups excluding carboxylic acids is 1. The molecule has 0 heterocycles. The molecule has 0 bridgehead atoms. The molecule has 0 unspecified atom stereocenters. The highest BCUT2D eigenvalue weighted by Crippen LogP contribution is 2.20. The summed E-state index contributed by atoms with van der Waals surface area (Å²) in [5.41, 5.74) is 11.9. The van der Waals surface area contributed by atoms with E-state index in [2.05, 4.69) is 41.4 Å². The molecule has 6 nitrogen and oxygen atoms in total. The van der Waals surface area contributed by atoms with Gasteiger partial charge in [-0.25, -0.2) is 0 Å². The summed E-state index contributed by atoms with van der Waals surface area (Å²) in [4.78, 5) is 22.0. The number of hydrogen-bond donors (Lipinski definition) is 1. The second-order valence-corrected chi connectivity index (χ2v) is 7.20. The maximum Gasteiger partial charge on any atom is 0.128 e. The van der Waals surface area contributed by atoms with E-state index >= 15 is 0 Å². The van der Waals surface area contributed by atoms with Crippen molar-refractivity contribution in [3.8, 4) is 0 Å². The zero-order chi connectivity index (χ0) is 24.9. The lowest BCUT2D eigenvalue weighted by Crippen LogP contribution is -2.10. The molecule has 1 aromatic rings. The summed E-state index contributed by atoms with van der Waals surface area (Å²) in [6.07, 6.45) is 13.3. The van der Waals surface area contributed by atoms with E-state index in [-0.39, 0.29) is 0 Å². The normalized spacial score (nSPS) is 15.4. The molecule has 1 aliphatic carbocycles. The van der Waals surface area contributed by atoms with Gasteiger partial charge in [-0.2, -0.15) is 4.91 Å². The largest absolute Gasteiger partial charge is 0.493 e. The minimum atomic E-state index is 0.639. The third kappa shape index (κ3) is 13.0. The van der Waals surface area contributed by atoms with Crippen LogP contribution in [0.15, 0.2) is 87.4 Å². The van der Waals surface area contributed by atoms with Crippen LogP contribution in [0.3, 0.4) is 0 Å². The van der Waals surface area contributed by atoms with Crippen LogP contribution in [0, 0.1) is 4.91 Å². The summed E-state index contributed by atoms with van der Waals surface area (Å²) in [5.74, 6) is 0.888. The van der Waals surface area contributed by atoms with Gasteiger partial charge < -0.3 is 15.3 Å². The lowest BCUT2D eigenvalue weighted by Gasteiger charge is -2.16. The molecule has 0 radical (unpaired) electrons. The summed E-state index contributed by atoms with van der Waals surface area (Å²) < 4.78 is 5.96. The van der Waals surface area contributed by atoms with E-state index in [1.165, 1.54) is 18.2 Å². The van der Waals surface area contributed by atoms with E-state index in [1.807, 2.05) is 44.2 Å². The van der Waals surface area contributed by atoms with Crippen LogP contribution >= 0.6 is 0 Å². The van der Waals surface area contributed by atoms with Gasteiger partial charge in [-0.15, -0.1) is 0 Å². The molecule has 0 saturated carbocycles. The predicted octanol–water partition coefficient (Wildman–Crippen LogP) is 6.10. The van der Waals surface area contributed by atoms with Gasteiger partial charge in [0.1, 0.15) is 12.0 Å². The molecule has 0 atom stereocenters. The lowest BCUT2D eigenvalue weighted by atomic mass is 10.0. The molecule has 6 heteroatoms. The first-order valence-corrected chi connectivity index (χ1v) is 11.3. The first-order chi connectivity index (χ1) is 16.0. The highest BCUT2D eigenvalue weighted by molar-refractivity contribution is 6.12. The highest BCUT2D eigenvalue weighted by Gasteiger charge is 2.13. The standard InChI is InChI=1S/C23H30N2O.C3H6O.CH3NO/c1-4-20-22(25-3)13-8-14-23(20)26-17-9-12-21(24)18(2)15-16-19-10-6-5-7-11-19;1-2-3-4;1-2-3/h4-8,10-11,13-14H,9,12,15-17,24H2,1-3H3;3H,2H2,1H3;1H3/b20-4+,21-18-,25-22?;;. The number of aldehydes is 1. The fourth-order valence-corrected chi connectivity index (χ4v) is 2.94. The monoisotopic (exact) mass is 453 g/mol. The van der Waals surface area contributed by atoms with E-state index < -0.39 is 0 Å². The summed E-state index contributed by atoms with van der Waals surface area (Å²) in [6.45, 7) is 6.61. The minimum Gasteiger partial charge on any atom is -0.493 e. The Bertz CT molecular complexity index is 851. The van der Waals surface area contributed by atoms with Crippen LogP contribution in [0.5, 0.6) is 0 Å². The van der Waals surface area contributed by atoms with Crippen molar-refractivity contribution >= 4 is 12.0 Å². The third-order valence-corrected chi connectivity index (χ3v) is 4.77. The molecular weight excluding hydrogens is 414 g/mol. The Hall–Kier alpha value is -3.28. The lowest BCUT2D eigenvalue weighted by molar-refractivity contribution is -0.107. The number of rotatable bonds is 9. The van der Waals surface area contributed by atoms with Crippen LogP contribution in [0.1, 0.15) is 52.0 Å². The Kier molecular flexibility index (Phi) is 17.5. The molecule has 0 aliphatic heterocycles. The van der Waals surface area contributed by atoms with Gasteiger partial charge in [0.2, 0.25) is 0 Å². The van der Waals surface area contributed by atoms with Crippen LogP contribution in [-0.2, 0) is 16.0 Å². The number of aliphatic imine (C=N–C) groups is 1. The number of ether oxygens (including phenoxy) is 1. The maximum atomic E-state index is 9.17. The van der Waals surface area contributed by atoms with E-state index in [0.717, 1.165) is 54.7 Å². The quantitative estimate of drug-likeness (QED) is 0.278. The molecule has 180 valence electrons. The fourth-order valence-electron chi connectivity index (χ4n) is 2.94. The van der Waals surface area contributed by atoms with Crippen LogP contribution in [0.4, 0.5) is 0 Å². The summed E-state index contributed by atoms with van der Waals surface area (Å²) in [6, 6.07) is 10.5. The van der Waals surface area contributed by atoms with Crippen LogP contribution in [-0.4, -0.2) is 32.7 Å². The zero-order valence-electron chi connectivity index (χ0n) is 20.7. The van der Waals surface area contributed by atoms with E-state index in [4.69, 9.17) is 15.4 Å². The minimum absolute atomic E-state index is 0.639. The van der Waals surface area contributed by atoms with Gasteiger partial charge in [-0.1, -0.05) is 60.2 Å². The molecule has 2 N–H and O–H groups in total. The number of carbonyl (C=O) groups is 1. The Balaban J connectivity index is 0.00000129. The van der Waals surface area contributed by atoms with Gasteiger partial charge >= 0.3 is 0 Å². The number of nitrogens with zero attached hydrogens (tertiary/aromatic N) is 2. The summed E-state index contributed by atoms with van der Waals surface area (Å²) in [5, 5.41) is 2.25. The molecule has 1 aliphatic rings. The highest BCUT2D eigenvalue weighted by atomic mass is 16.5. The van der Waals surface area contributed by atoms with Crippen LogP contribution in [0.25, 0.3) is 0 Å². The van der Waals surface area contributed by atoms with Crippen molar-refractivity contribution < 1.29 is 9.53 Å². The van der Waals surface area contributed by atoms with Gasteiger partial charge in [0.15, 0.2) is 0 Å². The van der Waals surface area contributed by atoms with Crippen molar-refractivity contribution in [3.63, 3.8) is 0 Å². The Labute approximate surface area is 199 Å². The van der Waals surface area contributed by atoms with E-state index in [9.17, 15) is 4.79 Å². The SMILES string of the molecule is C/C=C1/C(OCCC/C(N)=C(\C)CCc2ccccc2)=CC=CC1=NC.CCC=O.CN=O. The van der Waals surface area contributed by atoms with Crippen molar-refractivity contribution in [2.24, 2.45) is 15.9 Å². The first-order valence-electron chi connectivity index (χ1n) is 11.3. The molecule has 0 spiro atoms. The molecule has 2 rings (SSSR count). The Morgan fingerprint density at radius 1 is 1.15 bits per heavy atom. The first kappa shape index (κ1) is 29.7. The number of hydrogen-bond acceptors (Lipinski definition) is 6. The van der Waals surface area contributed by atoms with Crippen molar-refractivity contribution in [1.82, 2.24) is 0 Å². The van der Waals surface area contributed by atoms with Gasteiger partial charge in [0.25, 0.3) is 0 Å². The van der Waals surface area contributed by atoms with Crippen LogP contribution < -0.4 is 5.73 Å². The number of nitroso groups, excluding NO2 is 1. The second kappa shape index (κ2) is 19.4. The fraction of sp³-hybridized carbons (Fsp3) is 0.407. The Morgan fingerprint density at radius 2 is 1.79 bits per heavy atom. The van der Waals surface area contributed by atoms with Gasteiger partial charge in [-0.3, -0.25) is 4.99 Å². The number of aryl methyl sites for hydroxylation is 1. The van der Waals surface area contributed by atoms with Crippen molar-refractivity contribution in [1.29, 1.82) is 0 Å². The summed E-state index contributed by atoms with van der Waals surface area (Å²) in [7, 11) is 3.00. The summed E-state index contributed by atoms with van der Waals surface area (Å²) >= 11 is 0. The topological polar surface area (TPSA) is 94.1 Å². The van der Waals surface area contributed by atoms with Crippen molar-refractivity contribution in [2.75, 3.05) is 20.7 Å². The predicted molar refractivity (Wildman–Crippen MR) is 139 cm³/mol. The molecular formula is C27H39N3O3. The second-order valence-electron chi connectivity index (χ2n) is 7.20. The van der Waals surface area contributed by atoms with Gasteiger partial charge in [0.05, 0.1) is 19.4 Å². The smallest absolute Gasteiger partial charge is 0.128 e. The maximum absolute atomic E-state index is 9.17. The zero-order valence-corrected chi connectivity index (χ0v) is 20.7. The van der Waals surface area contributed by atoms with Gasteiger partial charge in [-0.05, 0) is 57.2 Å². The molecule has 1 aromatic carbocycles. The number of nitrogens with two attached hydrogens (primary N) is 1. The van der Waals surface area contributed by atoms with Gasteiger partial charge in [0, 0.05) is 24.7 Å².